The van der Waals surface area contributed by atoms with E-state index in [1.165, 1.54) is 12.1 Å². The molecule has 5 heteroatoms. The molecule has 0 radical (unpaired) electrons. The second-order valence-corrected chi connectivity index (χ2v) is 2.77. The van der Waals surface area contributed by atoms with E-state index >= 15 is 0 Å². The molecule has 0 aromatic heterocycles. The number of benzene rings is 1. The molecule has 0 aliphatic heterocycles. The first kappa shape index (κ1) is 11.3. The van der Waals surface area contributed by atoms with E-state index in [-0.39, 0.29) is 0 Å². The number of hydrogen-bond acceptors (Lipinski definition) is 2. The maximum Gasteiger partial charge on any atom is 0.416 e. The fourth-order valence-electron chi connectivity index (χ4n) is 0.947. The molecule has 0 aliphatic rings. The maximum atomic E-state index is 12.1. The minimum Gasteiger partial charge on any atom is -0.545 e. The third-order valence-corrected chi connectivity index (χ3v) is 1.65. The number of rotatable bonds is 2. The highest BCUT2D eigenvalue weighted by Crippen LogP contribution is 2.29. The van der Waals surface area contributed by atoms with Crippen LogP contribution in [0.2, 0.25) is 0 Å². The van der Waals surface area contributed by atoms with Gasteiger partial charge in [0.2, 0.25) is 0 Å². The van der Waals surface area contributed by atoms with Crippen molar-refractivity contribution in [2.75, 3.05) is 0 Å². The van der Waals surface area contributed by atoms with Crippen molar-refractivity contribution in [3.05, 3.63) is 41.5 Å². The largest absolute Gasteiger partial charge is 0.545 e. The molecule has 1 aromatic rings. The molecule has 0 bridgehead atoms. The van der Waals surface area contributed by atoms with Gasteiger partial charge < -0.3 is 9.90 Å². The first-order valence-electron chi connectivity index (χ1n) is 3.96. The Morgan fingerprint density at radius 1 is 1.20 bits per heavy atom. The molecule has 0 N–H and O–H groups in total. The monoisotopic (exact) mass is 215 g/mol. The van der Waals surface area contributed by atoms with Gasteiger partial charge in [-0.2, -0.15) is 13.2 Å². The van der Waals surface area contributed by atoms with E-state index in [0.29, 0.717) is 5.56 Å². The van der Waals surface area contributed by atoms with Crippen molar-refractivity contribution in [3.8, 4) is 0 Å². The van der Waals surface area contributed by atoms with Crippen LogP contribution in [0.25, 0.3) is 6.08 Å². The molecule has 0 saturated heterocycles. The van der Waals surface area contributed by atoms with E-state index in [1.54, 1.807) is 0 Å². The van der Waals surface area contributed by atoms with E-state index in [2.05, 4.69) is 0 Å². The topological polar surface area (TPSA) is 40.1 Å². The van der Waals surface area contributed by atoms with Gasteiger partial charge in [0.1, 0.15) is 0 Å². The van der Waals surface area contributed by atoms with E-state index in [0.717, 1.165) is 24.3 Å². The van der Waals surface area contributed by atoms with Crippen LogP contribution in [0.1, 0.15) is 11.1 Å². The summed E-state index contributed by atoms with van der Waals surface area (Å²) < 4.78 is 36.3. The zero-order valence-electron chi connectivity index (χ0n) is 7.41. The normalized spacial score (nSPS) is 11.9. The predicted octanol–water partition coefficient (Wildman–Crippen LogP) is 1.47. The summed E-state index contributed by atoms with van der Waals surface area (Å²) in [6.45, 7) is 0. The van der Waals surface area contributed by atoms with Crippen LogP contribution in [0.15, 0.2) is 30.3 Å². The highest BCUT2D eigenvalue weighted by atomic mass is 19.4. The van der Waals surface area contributed by atoms with Crippen molar-refractivity contribution in [1.82, 2.24) is 0 Å². The smallest absolute Gasteiger partial charge is 0.416 e. The zero-order valence-corrected chi connectivity index (χ0v) is 7.41. The number of carbonyl (C=O) groups excluding carboxylic acids is 1. The molecule has 1 aromatic carbocycles. The Morgan fingerprint density at radius 3 is 2.13 bits per heavy atom. The second-order valence-electron chi connectivity index (χ2n) is 2.77. The predicted molar refractivity (Wildman–Crippen MR) is 45.5 cm³/mol. The van der Waals surface area contributed by atoms with Crippen molar-refractivity contribution >= 4 is 12.0 Å². The minimum atomic E-state index is -4.38. The van der Waals surface area contributed by atoms with Crippen molar-refractivity contribution < 1.29 is 23.1 Å². The summed E-state index contributed by atoms with van der Waals surface area (Å²) in [6, 6.07) is 4.13. The lowest BCUT2D eigenvalue weighted by Gasteiger charge is -2.05. The van der Waals surface area contributed by atoms with Crippen molar-refractivity contribution in [1.29, 1.82) is 0 Å². The number of hydrogen-bond donors (Lipinski definition) is 0. The van der Waals surface area contributed by atoms with E-state index in [9.17, 15) is 23.1 Å². The van der Waals surface area contributed by atoms with Gasteiger partial charge in [-0.3, -0.25) is 0 Å². The molecule has 0 saturated carbocycles. The van der Waals surface area contributed by atoms with Crippen LogP contribution < -0.4 is 5.11 Å². The molecule has 1 rings (SSSR count). The van der Waals surface area contributed by atoms with Gasteiger partial charge in [-0.1, -0.05) is 18.2 Å². The van der Waals surface area contributed by atoms with E-state index in [4.69, 9.17) is 0 Å². The fraction of sp³-hybridized carbons (Fsp3) is 0.100. The summed E-state index contributed by atoms with van der Waals surface area (Å²) in [4.78, 5) is 10.0. The van der Waals surface area contributed by atoms with E-state index < -0.39 is 17.7 Å². The maximum absolute atomic E-state index is 12.1. The number of carbonyl (C=O) groups is 1. The Labute approximate surface area is 83.7 Å². The number of carboxylic acid groups (broad SMARTS) is 1. The summed E-state index contributed by atoms with van der Waals surface area (Å²) in [7, 11) is 0. The number of halogens is 3. The lowest BCUT2D eigenvalue weighted by atomic mass is 10.1. The van der Waals surface area contributed by atoms with Crippen molar-refractivity contribution in [2.45, 2.75) is 6.18 Å². The molecule has 15 heavy (non-hydrogen) atoms. The fourth-order valence-corrected chi connectivity index (χ4v) is 0.947. The summed E-state index contributed by atoms with van der Waals surface area (Å²) in [5, 5.41) is 10.0. The third kappa shape index (κ3) is 3.46. The Morgan fingerprint density at radius 2 is 1.73 bits per heavy atom. The Bertz CT molecular complexity index is 377. The summed E-state index contributed by atoms with van der Waals surface area (Å²) in [5.41, 5.74) is -0.402. The van der Waals surface area contributed by atoms with Gasteiger partial charge in [0.15, 0.2) is 0 Å². The van der Waals surface area contributed by atoms with Crippen LogP contribution in [0.4, 0.5) is 13.2 Å². The van der Waals surface area contributed by atoms with Gasteiger partial charge in [-0.15, -0.1) is 0 Å². The van der Waals surface area contributed by atoms with Crippen LogP contribution in [0, 0.1) is 0 Å². The molecule has 0 unspecified atom stereocenters. The molecule has 80 valence electrons. The average Bonchev–Trinajstić information content (AvgIpc) is 2.14. The van der Waals surface area contributed by atoms with Gasteiger partial charge in [0.25, 0.3) is 0 Å². The van der Waals surface area contributed by atoms with Crippen LogP contribution >= 0.6 is 0 Å². The lowest BCUT2D eigenvalue weighted by molar-refractivity contribution is -0.297. The van der Waals surface area contributed by atoms with Crippen LogP contribution in [-0.4, -0.2) is 5.97 Å². The minimum absolute atomic E-state index is 0.368. The van der Waals surface area contributed by atoms with Crippen molar-refractivity contribution in [3.63, 3.8) is 0 Å². The summed E-state index contributed by atoms with van der Waals surface area (Å²) >= 11 is 0. The van der Waals surface area contributed by atoms with E-state index in [1.807, 2.05) is 0 Å². The number of carboxylic acids is 1. The highest BCUT2D eigenvalue weighted by Gasteiger charge is 2.29. The number of aliphatic carboxylic acids is 1. The Kier molecular flexibility index (Phi) is 3.14. The quantitative estimate of drug-likeness (QED) is 0.701. The molecule has 0 fully saturated rings. The van der Waals surface area contributed by atoms with Gasteiger partial charge in [-0.05, 0) is 23.8 Å². The van der Waals surface area contributed by atoms with Crippen LogP contribution in [-0.2, 0) is 11.0 Å². The first-order chi connectivity index (χ1) is 6.89. The van der Waals surface area contributed by atoms with Gasteiger partial charge in [-0.25, -0.2) is 0 Å². The average molecular weight is 215 g/mol. The Balaban J connectivity index is 2.86. The molecule has 0 heterocycles. The first-order valence-corrected chi connectivity index (χ1v) is 3.96. The van der Waals surface area contributed by atoms with Crippen molar-refractivity contribution in [2.24, 2.45) is 0 Å². The SMILES string of the molecule is O=C([O-])C=Cc1ccc(C(F)(F)F)cc1. The summed E-state index contributed by atoms with van der Waals surface area (Å²) in [5.74, 6) is -1.39. The zero-order chi connectivity index (χ0) is 11.5. The third-order valence-electron chi connectivity index (χ3n) is 1.65. The highest BCUT2D eigenvalue weighted by molar-refractivity contribution is 5.83. The second kappa shape index (κ2) is 4.16. The lowest BCUT2D eigenvalue weighted by Crippen LogP contribution is -2.18. The molecule has 0 spiro atoms. The van der Waals surface area contributed by atoms with Gasteiger partial charge in [0.05, 0.1) is 11.5 Å². The van der Waals surface area contributed by atoms with Crippen LogP contribution in [0.3, 0.4) is 0 Å². The molecule has 0 amide bonds. The number of alkyl halides is 3. The molecule has 2 nitrogen and oxygen atoms in total. The Hall–Kier alpha value is -1.78. The summed E-state index contributed by atoms with van der Waals surface area (Å²) in [6.07, 6.45) is -2.46. The van der Waals surface area contributed by atoms with Gasteiger partial charge in [0, 0.05) is 0 Å². The molecular weight excluding hydrogens is 209 g/mol. The van der Waals surface area contributed by atoms with Crippen LogP contribution in [0.5, 0.6) is 0 Å². The molecule has 0 atom stereocenters. The molecular formula is C10H6F3O2-. The standard InChI is InChI=1S/C10H7F3O2/c11-10(12,13)8-4-1-7(2-5-8)3-6-9(14)15/h1-6H,(H,14,15)/p-1. The molecule has 0 aliphatic carbocycles. The van der Waals surface area contributed by atoms with Gasteiger partial charge >= 0.3 is 6.18 Å².